The summed E-state index contributed by atoms with van der Waals surface area (Å²) >= 11 is 7.01. The van der Waals surface area contributed by atoms with E-state index in [0.717, 1.165) is 6.07 Å². The van der Waals surface area contributed by atoms with Gasteiger partial charge in [0.05, 0.1) is 10.3 Å². The minimum Gasteiger partial charge on any atom is -0.293 e. The fraction of sp³-hybridized carbons (Fsp3) is 0.364. The van der Waals surface area contributed by atoms with E-state index in [2.05, 4.69) is 0 Å². The normalized spacial score (nSPS) is 11.5. The van der Waals surface area contributed by atoms with E-state index in [0.29, 0.717) is 5.02 Å². The number of benzene rings is 1. The van der Waals surface area contributed by atoms with Crippen LogP contribution in [0.5, 0.6) is 0 Å². The molecule has 82 valence electrons. The fourth-order valence-corrected chi connectivity index (χ4v) is 1.54. The van der Waals surface area contributed by atoms with Crippen molar-refractivity contribution in [3.05, 3.63) is 34.6 Å². The molecule has 1 aromatic rings. The van der Waals surface area contributed by atoms with Gasteiger partial charge >= 0.3 is 0 Å². The molecule has 0 spiro atoms. The van der Waals surface area contributed by atoms with E-state index in [-0.39, 0.29) is 11.3 Å². The number of carbonyl (C=O) groups is 1. The van der Waals surface area contributed by atoms with Gasteiger partial charge < -0.3 is 0 Å². The number of Topliss-reactive ketones (excluding diaryl/α,β-unsaturated/α-hetero) is 1. The second kappa shape index (κ2) is 4.54. The summed E-state index contributed by atoms with van der Waals surface area (Å²) in [5.74, 6) is -0.779. The molecule has 0 bridgehead atoms. The van der Waals surface area contributed by atoms with Gasteiger partial charge in [0.2, 0.25) is 0 Å². The monoisotopic (exact) mass is 246 g/mol. The van der Waals surface area contributed by atoms with Crippen LogP contribution in [0.2, 0.25) is 5.02 Å². The lowest BCUT2D eigenvalue weighted by Crippen LogP contribution is -2.28. The molecule has 0 saturated carbocycles. The Kier molecular flexibility index (Phi) is 3.79. The van der Waals surface area contributed by atoms with Crippen LogP contribution in [0.25, 0.3) is 0 Å². The first kappa shape index (κ1) is 12.5. The Hall–Kier alpha value is -0.540. The highest BCUT2D eigenvalue weighted by Gasteiger charge is 2.29. The van der Waals surface area contributed by atoms with Gasteiger partial charge in [-0.25, -0.2) is 4.39 Å². The van der Waals surface area contributed by atoms with E-state index >= 15 is 0 Å². The van der Waals surface area contributed by atoms with Crippen LogP contribution in [-0.4, -0.2) is 16.8 Å². The van der Waals surface area contributed by atoms with Gasteiger partial charge in [0, 0.05) is 5.02 Å². The lowest BCUT2D eigenvalue weighted by molar-refractivity contribution is 0.0954. The van der Waals surface area contributed by atoms with Crippen LogP contribution in [0.1, 0.15) is 24.2 Å². The highest BCUT2D eigenvalue weighted by molar-refractivity contribution is 8.00. The van der Waals surface area contributed by atoms with Gasteiger partial charge in [-0.2, -0.15) is 11.8 Å². The summed E-state index contributed by atoms with van der Waals surface area (Å²) in [6.45, 7) is 3.54. The number of rotatable bonds is 3. The molecule has 0 saturated heterocycles. The first-order valence-electron chi connectivity index (χ1n) is 4.43. The topological polar surface area (TPSA) is 17.1 Å². The van der Waals surface area contributed by atoms with Crippen LogP contribution in [-0.2, 0) is 0 Å². The van der Waals surface area contributed by atoms with Crippen LogP contribution >= 0.6 is 23.4 Å². The lowest BCUT2D eigenvalue weighted by Gasteiger charge is -2.20. The Morgan fingerprint density at radius 1 is 1.47 bits per heavy atom. The number of thioether (sulfide) groups is 1. The molecule has 0 aliphatic rings. The summed E-state index contributed by atoms with van der Waals surface area (Å²) < 4.78 is 12.8. The molecule has 15 heavy (non-hydrogen) atoms. The number of hydrogen-bond donors (Lipinski definition) is 0. The van der Waals surface area contributed by atoms with Crippen molar-refractivity contribution in [3.8, 4) is 0 Å². The maximum Gasteiger partial charge on any atom is 0.181 e. The van der Waals surface area contributed by atoms with Gasteiger partial charge in [-0.1, -0.05) is 11.6 Å². The van der Waals surface area contributed by atoms with Crippen LogP contribution in [0.3, 0.4) is 0 Å². The zero-order chi connectivity index (χ0) is 11.6. The zero-order valence-electron chi connectivity index (χ0n) is 8.80. The standard InChI is InChI=1S/C11H12ClFOS/c1-11(2,15-3)10(14)8-5-4-7(12)6-9(8)13/h4-6H,1-3H3. The van der Waals surface area contributed by atoms with Crippen LogP contribution in [0, 0.1) is 5.82 Å². The average molecular weight is 247 g/mol. The predicted octanol–water partition coefficient (Wildman–Crippen LogP) is 3.80. The highest BCUT2D eigenvalue weighted by atomic mass is 35.5. The zero-order valence-corrected chi connectivity index (χ0v) is 10.4. The first-order valence-corrected chi connectivity index (χ1v) is 6.04. The van der Waals surface area contributed by atoms with Crippen LogP contribution in [0.15, 0.2) is 18.2 Å². The van der Waals surface area contributed by atoms with Gasteiger partial charge in [-0.05, 0) is 38.3 Å². The van der Waals surface area contributed by atoms with Crippen molar-refractivity contribution in [2.45, 2.75) is 18.6 Å². The van der Waals surface area contributed by atoms with E-state index in [1.165, 1.54) is 23.9 Å². The van der Waals surface area contributed by atoms with Crippen molar-refractivity contribution < 1.29 is 9.18 Å². The number of hydrogen-bond acceptors (Lipinski definition) is 2. The van der Waals surface area contributed by atoms with Crippen molar-refractivity contribution in [2.24, 2.45) is 0 Å². The van der Waals surface area contributed by atoms with E-state index in [1.54, 1.807) is 13.8 Å². The largest absolute Gasteiger partial charge is 0.293 e. The highest BCUT2D eigenvalue weighted by Crippen LogP contribution is 2.28. The first-order chi connectivity index (χ1) is 6.88. The third-order valence-corrected chi connectivity index (χ3v) is 3.67. The molecule has 1 nitrogen and oxygen atoms in total. The molecule has 0 aliphatic heterocycles. The fourth-order valence-electron chi connectivity index (χ4n) is 1.09. The van der Waals surface area contributed by atoms with Crippen molar-refractivity contribution in [2.75, 3.05) is 6.26 Å². The van der Waals surface area contributed by atoms with E-state index in [1.807, 2.05) is 6.26 Å². The Labute approximate surface area is 98.0 Å². The van der Waals surface area contributed by atoms with E-state index < -0.39 is 10.6 Å². The molecule has 0 aromatic heterocycles. The Bertz CT molecular complexity index is 390. The third kappa shape index (κ3) is 2.73. The van der Waals surface area contributed by atoms with E-state index in [9.17, 15) is 9.18 Å². The van der Waals surface area contributed by atoms with Crippen molar-refractivity contribution in [3.63, 3.8) is 0 Å². The molecular formula is C11H12ClFOS. The molecular weight excluding hydrogens is 235 g/mol. The lowest BCUT2D eigenvalue weighted by atomic mass is 10.00. The summed E-state index contributed by atoms with van der Waals surface area (Å²) in [4.78, 5) is 11.9. The van der Waals surface area contributed by atoms with Gasteiger partial charge in [0.25, 0.3) is 0 Å². The molecule has 4 heteroatoms. The molecule has 1 aromatic carbocycles. The molecule has 0 N–H and O–H groups in total. The molecule has 0 atom stereocenters. The second-order valence-electron chi connectivity index (χ2n) is 3.67. The molecule has 0 fully saturated rings. The summed E-state index contributed by atoms with van der Waals surface area (Å²) in [6, 6.07) is 4.11. The van der Waals surface area contributed by atoms with Gasteiger partial charge in [0.15, 0.2) is 5.78 Å². The maximum absolute atomic E-state index is 13.5. The smallest absolute Gasteiger partial charge is 0.181 e. The van der Waals surface area contributed by atoms with Crippen molar-refractivity contribution in [1.29, 1.82) is 0 Å². The average Bonchev–Trinajstić information content (AvgIpc) is 2.17. The van der Waals surface area contributed by atoms with Crippen LogP contribution < -0.4 is 0 Å². The van der Waals surface area contributed by atoms with Crippen molar-refractivity contribution >= 4 is 29.1 Å². The van der Waals surface area contributed by atoms with Gasteiger partial charge in [-0.3, -0.25) is 4.79 Å². The quantitative estimate of drug-likeness (QED) is 0.755. The third-order valence-electron chi connectivity index (χ3n) is 2.23. The van der Waals surface area contributed by atoms with Gasteiger partial charge in [-0.15, -0.1) is 0 Å². The number of ketones is 1. The summed E-state index contributed by atoms with van der Waals surface area (Å²) in [5.41, 5.74) is 0.0961. The van der Waals surface area contributed by atoms with E-state index in [4.69, 9.17) is 11.6 Å². The molecule has 1 rings (SSSR count). The Balaban J connectivity index is 3.12. The summed E-state index contributed by atoms with van der Waals surface area (Å²) in [7, 11) is 0. The minimum atomic E-state index is -0.616. The SMILES string of the molecule is CSC(C)(C)C(=O)c1ccc(Cl)cc1F. The molecule has 0 unspecified atom stereocenters. The number of carbonyl (C=O) groups excluding carboxylic acids is 1. The Morgan fingerprint density at radius 3 is 2.53 bits per heavy atom. The molecule has 0 aliphatic carbocycles. The maximum atomic E-state index is 13.5. The predicted molar refractivity (Wildman–Crippen MR) is 63.3 cm³/mol. The summed E-state index contributed by atoms with van der Waals surface area (Å²) in [5, 5.41) is 0.297. The molecule has 0 amide bonds. The Morgan fingerprint density at radius 2 is 2.07 bits per heavy atom. The summed E-state index contributed by atoms with van der Waals surface area (Å²) in [6.07, 6.45) is 1.83. The second-order valence-corrected chi connectivity index (χ2v) is 5.53. The van der Waals surface area contributed by atoms with Crippen LogP contribution in [0.4, 0.5) is 4.39 Å². The molecule has 0 heterocycles. The van der Waals surface area contributed by atoms with Crippen molar-refractivity contribution in [1.82, 2.24) is 0 Å². The van der Waals surface area contributed by atoms with Gasteiger partial charge in [0.1, 0.15) is 5.82 Å². The minimum absolute atomic E-state index is 0.0961. The number of halogens is 2. The molecule has 0 radical (unpaired) electrons.